The minimum absolute atomic E-state index is 0.214. The largest absolute Gasteiger partial charge is 0.366 e. The van der Waals surface area contributed by atoms with E-state index in [2.05, 4.69) is 25.6 Å². The van der Waals surface area contributed by atoms with E-state index in [-0.39, 0.29) is 11.4 Å². The van der Waals surface area contributed by atoms with Crippen LogP contribution >= 0.6 is 0 Å². The van der Waals surface area contributed by atoms with Gasteiger partial charge in [0.15, 0.2) is 0 Å². The third kappa shape index (κ3) is 4.83. The van der Waals surface area contributed by atoms with Crippen molar-refractivity contribution in [2.45, 2.75) is 32.9 Å². The molecule has 0 aliphatic carbocycles. The molecule has 2 N–H and O–H groups in total. The molecule has 2 aromatic rings. The molecule has 2 heterocycles. The van der Waals surface area contributed by atoms with Crippen LogP contribution in [0.3, 0.4) is 0 Å². The Kier molecular flexibility index (Phi) is 4.47. The molecule has 0 radical (unpaired) electrons. The molecule has 0 saturated heterocycles. The number of hydrogen-bond acceptors (Lipinski definition) is 5. The lowest BCUT2D eigenvalue weighted by Crippen LogP contribution is -2.40. The van der Waals surface area contributed by atoms with Crippen LogP contribution < -0.4 is 10.6 Å². The number of anilines is 1. The Morgan fingerprint density at radius 2 is 2.10 bits per heavy atom. The number of carbonyl (C=O) groups excluding carboxylic acids is 1. The maximum atomic E-state index is 12.0. The fraction of sp³-hybridized carbons (Fsp3) is 0.333. The first-order valence-electron chi connectivity index (χ1n) is 6.71. The lowest BCUT2D eigenvalue weighted by molar-refractivity contribution is 0.0914. The highest BCUT2D eigenvalue weighted by molar-refractivity contribution is 5.93. The average molecular weight is 285 g/mol. The number of hydrogen-bond donors (Lipinski definition) is 2. The predicted molar refractivity (Wildman–Crippen MR) is 80.8 cm³/mol. The molecule has 0 bridgehead atoms. The number of aromatic nitrogens is 3. The number of pyridine rings is 1. The van der Waals surface area contributed by atoms with E-state index >= 15 is 0 Å². The van der Waals surface area contributed by atoms with Crippen molar-refractivity contribution < 1.29 is 4.79 Å². The van der Waals surface area contributed by atoms with Crippen LogP contribution in [0.15, 0.2) is 36.9 Å². The zero-order valence-corrected chi connectivity index (χ0v) is 12.4. The first kappa shape index (κ1) is 14.9. The summed E-state index contributed by atoms with van der Waals surface area (Å²) in [5, 5.41) is 6.02. The molecule has 0 spiro atoms. The second kappa shape index (κ2) is 6.30. The molecule has 2 aromatic heterocycles. The molecule has 0 aromatic carbocycles. The SMILES string of the molecule is CC(C)(C)NC(=O)c1cc(NCc2cccnc2)ncn1. The summed E-state index contributed by atoms with van der Waals surface area (Å²) < 4.78 is 0. The molecule has 0 unspecified atom stereocenters. The van der Waals surface area contributed by atoms with Gasteiger partial charge in [0.1, 0.15) is 17.8 Å². The van der Waals surface area contributed by atoms with Crippen molar-refractivity contribution in [3.63, 3.8) is 0 Å². The maximum Gasteiger partial charge on any atom is 0.270 e. The van der Waals surface area contributed by atoms with Crippen molar-refractivity contribution in [1.29, 1.82) is 0 Å². The molecule has 0 aliphatic heterocycles. The molecule has 0 aliphatic rings. The molecule has 0 fully saturated rings. The molecule has 0 saturated carbocycles. The summed E-state index contributed by atoms with van der Waals surface area (Å²) in [6, 6.07) is 5.48. The average Bonchev–Trinajstić information content (AvgIpc) is 2.45. The van der Waals surface area contributed by atoms with Crippen molar-refractivity contribution >= 4 is 11.7 Å². The standard InChI is InChI=1S/C15H19N5O/c1-15(2,3)20-14(21)12-7-13(19-10-18-12)17-9-11-5-4-6-16-8-11/h4-8,10H,9H2,1-3H3,(H,20,21)(H,17,18,19). The fourth-order valence-corrected chi connectivity index (χ4v) is 1.68. The van der Waals surface area contributed by atoms with Gasteiger partial charge in [-0.05, 0) is 32.4 Å². The summed E-state index contributed by atoms with van der Waals surface area (Å²) in [7, 11) is 0. The van der Waals surface area contributed by atoms with Gasteiger partial charge in [-0.1, -0.05) is 6.07 Å². The van der Waals surface area contributed by atoms with Gasteiger partial charge in [0, 0.05) is 30.5 Å². The molecule has 6 heteroatoms. The topological polar surface area (TPSA) is 79.8 Å². The van der Waals surface area contributed by atoms with Crippen LogP contribution in [0.25, 0.3) is 0 Å². The van der Waals surface area contributed by atoms with Crippen molar-refractivity contribution in [3.05, 3.63) is 48.2 Å². The van der Waals surface area contributed by atoms with E-state index in [9.17, 15) is 4.79 Å². The highest BCUT2D eigenvalue weighted by Gasteiger charge is 2.16. The summed E-state index contributed by atoms with van der Waals surface area (Å²) in [6.45, 7) is 6.36. The highest BCUT2D eigenvalue weighted by atomic mass is 16.2. The maximum absolute atomic E-state index is 12.0. The lowest BCUT2D eigenvalue weighted by Gasteiger charge is -2.20. The zero-order chi connectivity index (χ0) is 15.3. The monoisotopic (exact) mass is 285 g/mol. The molecule has 2 rings (SSSR count). The van der Waals surface area contributed by atoms with Crippen LogP contribution in [-0.4, -0.2) is 26.4 Å². The van der Waals surface area contributed by atoms with Crippen LogP contribution in [0.1, 0.15) is 36.8 Å². The van der Waals surface area contributed by atoms with Crippen LogP contribution in [0, 0.1) is 0 Å². The minimum Gasteiger partial charge on any atom is -0.366 e. The van der Waals surface area contributed by atoms with E-state index in [4.69, 9.17) is 0 Å². The summed E-state index contributed by atoms with van der Waals surface area (Å²) in [6.07, 6.45) is 4.88. The second-order valence-electron chi connectivity index (χ2n) is 5.71. The van der Waals surface area contributed by atoms with Gasteiger partial charge in [0.25, 0.3) is 5.91 Å². The van der Waals surface area contributed by atoms with Crippen molar-refractivity contribution in [3.8, 4) is 0 Å². The third-order valence-corrected chi connectivity index (χ3v) is 2.58. The summed E-state index contributed by atoms with van der Waals surface area (Å²) in [4.78, 5) is 24.2. The molecule has 110 valence electrons. The van der Waals surface area contributed by atoms with Gasteiger partial charge in [-0.15, -0.1) is 0 Å². The van der Waals surface area contributed by atoms with Crippen molar-refractivity contribution in [1.82, 2.24) is 20.3 Å². The first-order chi connectivity index (χ1) is 9.94. The number of nitrogens with zero attached hydrogens (tertiary/aromatic N) is 3. The Morgan fingerprint density at radius 1 is 1.29 bits per heavy atom. The second-order valence-corrected chi connectivity index (χ2v) is 5.71. The molecular formula is C15H19N5O. The van der Waals surface area contributed by atoms with Crippen LogP contribution in [0.4, 0.5) is 5.82 Å². The molecule has 1 amide bonds. The molecular weight excluding hydrogens is 266 g/mol. The summed E-state index contributed by atoms with van der Waals surface area (Å²) >= 11 is 0. The van der Waals surface area contributed by atoms with E-state index in [1.807, 2.05) is 32.9 Å². The van der Waals surface area contributed by atoms with Crippen molar-refractivity contribution in [2.75, 3.05) is 5.32 Å². The van der Waals surface area contributed by atoms with Gasteiger partial charge in [-0.3, -0.25) is 9.78 Å². The van der Waals surface area contributed by atoms with Gasteiger partial charge in [-0.25, -0.2) is 9.97 Å². The van der Waals surface area contributed by atoms with E-state index in [1.165, 1.54) is 6.33 Å². The molecule has 6 nitrogen and oxygen atoms in total. The number of carbonyl (C=O) groups is 1. The van der Waals surface area contributed by atoms with Crippen LogP contribution in [0.2, 0.25) is 0 Å². The van der Waals surface area contributed by atoms with Gasteiger partial charge < -0.3 is 10.6 Å². The summed E-state index contributed by atoms with van der Waals surface area (Å²) in [5.74, 6) is 0.391. The van der Waals surface area contributed by atoms with E-state index in [1.54, 1.807) is 18.5 Å². The quantitative estimate of drug-likeness (QED) is 0.898. The number of rotatable bonds is 4. The summed E-state index contributed by atoms with van der Waals surface area (Å²) in [5.41, 5.74) is 1.08. The van der Waals surface area contributed by atoms with Gasteiger partial charge in [0.2, 0.25) is 0 Å². The van der Waals surface area contributed by atoms with Crippen LogP contribution in [-0.2, 0) is 6.54 Å². The third-order valence-electron chi connectivity index (χ3n) is 2.58. The Morgan fingerprint density at radius 3 is 2.76 bits per heavy atom. The predicted octanol–water partition coefficient (Wildman–Crippen LogP) is 2.01. The van der Waals surface area contributed by atoms with Crippen LogP contribution in [0.5, 0.6) is 0 Å². The van der Waals surface area contributed by atoms with Crippen molar-refractivity contribution in [2.24, 2.45) is 0 Å². The highest BCUT2D eigenvalue weighted by Crippen LogP contribution is 2.08. The molecule has 21 heavy (non-hydrogen) atoms. The Labute approximate surface area is 124 Å². The fourth-order valence-electron chi connectivity index (χ4n) is 1.68. The lowest BCUT2D eigenvalue weighted by atomic mass is 10.1. The number of nitrogens with one attached hydrogen (secondary N) is 2. The van der Waals surface area contributed by atoms with E-state index in [0.29, 0.717) is 18.1 Å². The number of amides is 1. The molecule has 0 atom stereocenters. The Bertz CT molecular complexity index is 607. The van der Waals surface area contributed by atoms with Gasteiger partial charge in [0.05, 0.1) is 0 Å². The normalized spacial score (nSPS) is 11.0. The first-order valence-corrected chi connectivity index (χ1v) is 6.71. The zero-order valence-electron chi connectivity index (χ0n) is 12.4. The smallest absolute Gasteiger partial charge is 0.270 e. The van der Waals surface area contributed by atoms with Gasteiger partial charge in [-0.2, -0.15) is 0 Å². The Hall–Kier alpha value is -2.50. The van der Waals surface area contributed by atoms with E-state index in [0.717, 1.165) is 5.56 Å². The Balaban J connectivity index is 2.02. The minimum atomic E-state index is -0.300. The van der Waals surface area contributed by atoms with Gasteiger partial charge >= 0.3 is 0 Å². The van der Waals surface area contributed by atoms with E-state index < -0.39 is 0 Å².